The van der Waals surface area contributed by atoms with E-state index in [1.807, 2.05) is 42.2 Å². The highest BCUT2D eigenvalue weighted by molar-refractivity contribution is 5.82. The van der Waals surface area contributed by atoms with Crippen molar-refractivity contribution < 1.29 is 9.18 Å². The van der Waals surface area contributed by atoms with E-state index < -0.39 is 0 Å². The Morgan fingerprint density at radius 2 is 1.79 bits per heavy atom. The minimum Gasteiger partial charge on any atom is -0.340 e. The van der Waals surface area contributed by atoms with E-state index in [-0.39, 0.29) is 11.7 Å². The molecule has 0 aliphatic carbocycles. The average molecular weight is 377 g/mol. The number of carbonyl (C=O) groups excluding carboxylic acids is 1. The molecule has 0 saturated carbocycles. The number of fused-ring (bicyclic) bond motifs is 1. The van der Waals surface area contributed by atoms with Gasteiger partial charge in [0.05, 0.1) is 11.9 Å². The van der Waals surface area contributed by atoms with Crippen LogP contribution in [0.5, 0.6) is 0 Å². The molecule has 0 atom stereocenters. The van der Waals surface area contributed by atoms with Gasteiger partial charge in [-0.05, 0) is 41.8 Å². The molecule has 1 aliphatic rings. The van der Waals surface area contributed by atoms with Gasteiger partial charge in [-0.15, -0.1) is 0 Å². The van der Waals surface area contributed by atoms with Crippen LogP contribution in [0.1, 0.15) is 16.7 Å². The number of pyridine rings is 1. The maximum atomic E-state index is 14.0. The molecule has 1 saturated heterocycles. The summed E-state index contributed by atoms with van der Waals surface area (Å²) < 4.78 is 14.0. The van der Waals surface area contributed by atoms with Crippen molar-refractivity contribution in [1.82, 2.24) is 14.8 Å². The van der Waals surface area contributed by atoms with Crippen molar-refractivity contribution in [3.05, 3.63) is 77.2 Å². The predicted molar refractivity (Wildman–Crippen MR) is 108 cm³/mol. The molecule has 1 aromatic heterocycles. The number of hydrogen-bond donors (Lipinski definition) is 0. The second-order valence-corrected chi connectivity index (χ2v) is 7.37. The maximum absolute atomic E-state index is 14.0. The summed E-state index contributed by atoms with van der Waals surface area (Å²) in [7, 11) is 0. The summed E-state index contributed by atoms with van der Waals surface area (Å²) in [6.07, 6.45) is 2.16. The van der Waals surface area contributed by atoms with Crippen molar-refractivity contribution >= 4 is 16.8 Å². The van der Waals surface area contributed by atoms with Crippen molar-refractivity contribution in [2.24, 2.45) is 0 Å². The molecular weight excluding hydrogens is 353 g/mol. The van der Waals surface area contributed by atoms with Crippen LogP contribution in [-0.2, 0) is 17.8 Å². The maximum Gasteiger partial charge on any atom is 0.227 e. The first-order chi connectivity index (χ1) is 13.6. The Bertz CT molecular complexity index is 996. The van der Waals surface area contributed by atoms with Crippen molar-refractivity contribution in [2.45, 2.75) is 19.9 Å². The molecule has 0 bridgehead atoms. The van der Waals surface area contributed by atoms with Crippen LogP contribution in [0, 0.1) is 12.7 Å². The number of carbonyl (C=O) groups is 1. The molecule has 1 fully saturated rings. The van der Waals surface area contributed by atoms with Crippen LogP contribution in [0.25, 0.3) is 10.9 Å². The number of rotatable bonds is 4. The van der Waals surface area contributed by atoms with Gasteiger partial charge < -0.3 is 4.90 Å². The fraction of sp³-hybridized carbons (Fsp3) is 0.304. The lowest BCUT2D eigenvalue weighted by atomic mass is 10.0. The summed E-state index contributed by atoms with van der Waals surface area (Å²) in [5, 5.41) is 0.562. The van der Waals surface area contributed by atoms with Gasteiger partial charge in [0.25, 0.3) is 0 Å². The summed E-state index contributed by atoms with van der Waals surface area (Å²) in [5.74, 6) is -0.0543. The Balaban J connectivity index is 1.38. The van der Waals surface area contributed by atoms with Crippen molar-refractivity contribution in [3.63, 3.8) is 0 Å². The number of hydrogen-bond acceptors (Lipinski definition) is 3. The first-order valence-corrected chi connectivity index (χ1v) is 9.68. The fourth-order valence-corrected chi connectivity index (χ4v) is 3.80. The molecule has 28 heavy (non-hydrogen) atoms. The van der Waals surface area contributed by atoms with Crippen LogP contribution in [0.15, 0.2) is 54.7 Å². The van der Waals surface area contributed by atoms with E-state index in [4.69, 9.17) is 0 Å². The lowest BCUT2D eigenvalue weighted by molar-refractivity contribution is -0.132. The first-order valence-electron chi connectivity index (χ1n) is 9.68. The van der Waals surface area contributed by atoms with Gasteiger partial charge in [-0.25, -0.2) is 4.39 Å². The normalized spacial score (nSPS) is 15.1. The highest BCUT2D eigenvalue weighted by atomic mass is 19.1. The van der Waals surface area contributed by atoms with Crippen molar-refractivity contribution in [1.29, 1.82) is 0 Å². The lowest BCUT2D eigenvalue weighted by Crippen LogP contribution is -2.48. The summed E-state index contributed by atoms with van der Waals surface area (Å²) >= 11 is 0. The highest BCUT2D eigenvalue weighted by Crippen LogP contribution is 2.21. The third-order valence-electron chi connectivity index (χ3n) is 5.52. The molecule has 3 aromatic rings. The van der Waals surface area contributed by atoms with Gasteiger partial charge >= 0.3 is 0 Å². The van der Waals surface area contributed by atoms with E-state index in [1.54, 1.807) is 18.3 Å². The summed E-state index contributed by atoms with van der Waals surface area (Å²) in [4.78, 5) is 21.3. The number of piperazine rings is 1. The SMILES string of the molecule is Cc1ccccc1CC(=O)N1CCN(Cc2ccc(F)c3cccnc23)CC1. The van der Waals surface area contributed by atoms with Gasteiger partial charge in [0.1, 0.15) is 5.82 Å². The molecule has 1 amide bonds. The summed E-state index contributed by atoms with van der Waals surface area (Å²) in [6.45, 7) is 5.82. The Hall–Kier alpha value is -2.79. The second-order valence-electron chi connectivity index (χ2n) is 7.37. The summed E-state index contributed by atoms with van der Waals surface area (Å²) in [6, 6.07) is 14.9. The zero-order valence-corrected chi connectivity index (χ0v) is 16.1. The smallest absolute Gasteiger partial charge is 0.227 e. The van der Waals surface area contributed by atoms with Gasteiger partial charge in [-0.3, -0.25) is 14.7 Å². The first kappa shape index (κ1) is 18.6. The number of benzene rings is 2. The van der Waals surface area contributed by atoms with E-state index >= 15 is 0 Å². The Kier molecular flexibility index (Phi) is 5.35. The number of amides is 1. The molecule has 0 radical (unpaired) electrons. The topological polar surface area (TPSA) is 36.4 Å². The monoisotopic (exact) mass is 377 g/mol. The predicted octanol–water partition coefficient (Wildman–Crippen LogP) is 3.57. The van der Waals surface area contributed by atoms with Crippen LogP contribution >= 0.6 is 0 Å². The number of aryl methyl sites for hydroxylation is 1. The van der Waals surface area contributed by atoms with Gasteiger partial charge in [0, 0.05) is 44.3 Å². The standard InChI is InChI=1S/C23H24FN3O/c1-17-5-2-3-6-18(17)15-22(28)27-13-11-26(12-14-27)16-19-8-9-21(24)20-7-4-10-25-23(19)20/h2-10H,11-16H2,1H3. The van der Waals surface area contributed by atoms with Crippen molar-refractivity contribution in [2.75, 3.05) is 26.2 Å². The largest absolute Gasteiger partial charge is 0.340 e. The number of aromatic nitrogens is 1. The molecule has 4 rings (SSSR count). The molecular formula is C23H24FN3O. The van der Waals surface area contributed by atoms with Crippen LogP contribution in [0.2, 0.25) is 0 Å². The molecule has 4 nitrogen and oxygen atoms in total. The lowest BCUT2D eigenvalue weighted by Gasteiger charge is -2.35. The number of nitrogens with zero attached hydrogens (tertiary/aromatic N) is 3. The van der Waals surface area contributed by atoms with Crippen LogP contribution in [0.4, 0.5) is 4.39 Å². The van der Waals surface area contributed by atoms with Gasteiger partial charge in [0.2, 0.25) is 5.91 Å². The van der Waals surface area contributed by atoms with E-state index in [9.17, 15) is 9.18 Å². The molecule has 5 heteroatoms. The minimum absolute atomic E-state index is 0.183. The fourth-order valence-electron chi connectivity index (χ4n) is 3.80. The molecule has 0 N–H and O–H groups in total. The molecule has 0 unspecified atom stereocenters. The van der Waals surface area contributed by atoms with E-state index in [2.05, 4.69) is 9.88 Å². The Morgan fingerprint density at radius 1 is 1.00 bits per heavy atom. The minimum atomic E-state index is -0.238. The van der Waals surface area contributed by atoms with Gasteiger partial charge in [0.15, 0.2) is 0 Å². The van der Waals surface area contributed by atoms with Gasteiger partial charge in [-0.1, -0.05) is 30.3 Å². The zero-order valence-electron chi connectivity index (χ0n) is 16.1. The van der Waals surface area contributed by atoms with E-state index in [1.165, 1.54) is 6.07 Å². The van der Waals surface area contributed by atoms with Crippen LogP contribution < -0.4 is 0 Å². The highest BCUT2D eigenvalue weighted by Gasteiger charge is 2.22. The molecule has 2 aromatic carbocycles. The summed E-state index contributed by atoms with van der Waals surface area (Å²) in [5.41, 5.74) is 4.00. The second kappa shape index (κ2) is 8.07. The van der Waals surface area contributed by atoms with Crippen LogP contribution in [-0.4, -0.2) is 46.9 Å². The molecule has 144 valence electrons. The van der Waals surface area contributed by atoms with E-state index in [0.29, 0.717) is 18.4 Å². The molecule has 0 spiro atoms. The third-order valence-corrected chi connectivity index (χ3v) is 5.52. The van der Waals surface area contributed by atoms with Crippen LogP contribution in [0.3, 0.4) is 0 Å². The third kappa shape index (κ3) is 3.90. The van der Waals surface area contributed by atoms with E-state index in [0.717, 1.165) is 48.4 Å². The molecule has 1 aliphatic heterocycles. The molecule has 2 heterocycles. The number of halogens is 1. The van der Waals surface area contributed by atoms with Gasteiger partial charge in [-0.2, -0.15) is 0 Å². The van der Waals surface area contributed by atoms with Crippen molar-refractivity contribution in [3.8, 4) is 0 Å². The Morgan fingerprint density at radius 3 is 2.57 bits per heavy atom. The average Bonchev–Trinajstić information content (AvgIpc) is 2.72. The quantitative estimate of drug-likeness (QED) is 0.697. The Labute approximate surface area is 164 Å². The zero-order chi connectivity index (χ0) is 19.5.